The summed E-state index contributed by atoms with van der Waals surface area (Å²) in [6.07, 6.45) is 2.72. The Labute approximate surface area is 135 Å². The van der Waals surface area contributed by atoms with E-state index in [0.717, 1.165) is 30.2 Å². The second kappa shape index (κ2) is 5.63. The molecule has 0 amide bonds. The highest BCUT2D eigenvalue weighted by atomic mass is 35.5. The zero-order valence-electron chi connectivity index (χ0n) is 12.8. The van der Waals surface area contributed by atoms with Gasteiger partial charge in [-0.05, 0) is 45.1 Å². The fourth-order valence-corrected chi connectivity index (χ4v) is 3.69. The Bertz CT molecular complexity index is 563. The predicted octanol–water partition coefficient (Wildman–Crippen LogP) is 1.52. The van der Waals surface area contributed by atoms with E-state index in [2.05, 4.69) is 40.1 Å². The molecule has 3 N–H and O–H groups in total. The van der Waals surface area contributed by atoms with E-state index in [4.69, 9.17) is 16.3 Å². The van der Waals surface area contributed by atoms with E-state index < -0.39 is 0 Å². The van der Waals surface area contributed by atoms with Crippen LogP contribution in [0.15, 0.2) is 18.2 Å². The summed E-state index contributed by atoms with van der Waals surface area (Å²) in [5, 5.41) is 10.2. The first-order chi connectivity index (χ1) is 10.6. The van der Waals surface area contributed by atoms with Crippen molar-refractivity contribution in [2.75, 3.05) is 26.0 Å². The summed E-state index contributed by atoms with van der Waals surface area (Å²) in [6.45, 7) is 0.854. The van der Waals surface area contributed by atoms with E-state index in [1.54, 1.807) is 0 Å². The highest BCUT2D eigenvalue weighted by Crippen LogP contribution is 2.37. The maximum Gasteiger partial charge on any atom is 0.151 e. The van der Waals surface area contributed by atoms with E-state index in [9.17, 15) is 0 Å². The van der Waals surface area contributed by atoms with Crippen LogP contribution >= 0.6 is 11.6 Å². The lowest BCUT2D eigenvalue weighted by Crippen LogP contribution is -2.57. The van der Waals surface area contributed by atoms with Crippen LogP contribution in [0.4, 0.5) is 5.69 Å². The molecular weight excluding hydrogens is 302 g/mol. The molecule has 2 saturated heterocycles. The Morgan fingerprint density at radius 2 is 2.23 bits per heavy atom. The third-order valence-corrected chi connectivity index (χ3v) is 4.82. The quantitative estimate of drug-likeness (QED) is 0.767. The summed E-state index contributed by atoms with van der Waals surface area (Å²) < 4.78 is 5.84. The van der Waals surface area contributed by atoms with Gasteiger partial charge in [-0.2, -0.15) is 5.01 Å². The fourth-order valence-electron chi connectivity index (χ4n) is 3.51. The number of nitrogens with zero attached hydrogens (tertiary/aromatic N) is 2. The first-order valence-corrected chi connectivity index (χ1v) is 8.16. The van der Waals surface area contributed by atoms with Crippen LogP contribution < -0.4 is 16.1 Å². The molecule has 2 fully saturated rings. The molecule has 0 spiro atoms. The normalized spacial score (nSPS) is 34.5. The topological polar surface area (TPSA) is 51.8 Å². The van der Waals surface area contributed by atoms with Crippen molar-refractivity contribution in [1.29, 1.82) is 0 Å². The number of ether oxygens (including phenoxy) is 1. The molecule has 4 unspecified atom stereocenters. The molecule has 0 aliphatic carbocycles. The highest BCUT2D eigenvalue weighted by molar-refractivity contribution is 6.30. The minimum absolute atomic E-state index is 0.0672. The monoisotopic (exact) mass is 323 g/mol. The summed E-state index contributed by atoms with van der Waals surface area (Å²) in [5.74, 6) is 0. The van der Waals surface area contributed by atoms with Gasteiger partial charge in [0.2, 0.25) is 0 Å². The third kappa shape index (κ3) is 2.40. The van der Waals surface area contributed by atoms with Gasteiger partial charge in [0.1, 0.15) is 6.17 Å². The summed E-state index contributed by atoms with van der Waals surface area (Å²) in [7, 11) is 4.13. The smallest absolute Gasteiger partial charge is 0.151 e. The zero-order chi connectivity index (χ0) is 15.3. The molecule has 0 aromatic heterocycles. The second-order valence-electron chi connectivity index (χ2n) is 6.35. The fraction of sp³-hybridized carbons (Fsp3) is 0.600. The maximum absolute atomic E-state index is 6.20. The van der Waals surface area contributed by atoms with Crippen LogP contribution in [0.5, 0.6) is 0 Å². The van der Waals surface area contributed by atoms with E-state index in [0.29, 0.717) is 0 Å². The first kappa shape index (κ1) is 14.7. The predicted molar refractivity (Wildman–Crippen MR) is 86.2 cm³/mol. The number of benzene rings is 1. The van der Waals surface area contributed by atoms with Crippen LogP contribution in [0.2, 0.25) is 5.02 Å². The Balaban J connectivity index is 1.67. The molecule has 0 radical (unpaired) electrons. The summed E-state index contributed by atoms with van der Waals surface area (Å²) >= 11 is 6.20. The van der Waals surface area contributed by atoms with Gasteiger partial charge in [-0.25, -0.2) is 5.43 Å². The molecule has 7 heteroatoms. The number of halogens is 1. The molecule has 4 rings (SSSR count). The molecular formula is C15H22ClN5O. The minimum atomic E-state index is 0.0672. The third-order valence-electron chi connectivity index (χ3n) is 4.59. The van der Waals surface area contributed by atoms with Gasteiger partial charge >= 0.3 is 0 Å². The van der Waals surface area contributed by atoms with Gasteiger partial charge in [0.05, 0.1) is 12.3 Å². The number of anilines is 1. The molecule has 1 aromatic rings. The van der Waals surface area contributed by atoms with Crippen molar-refractivity contribution in [1.82, 2.24) is 20.7 Å². The summed E-state index contributed by atoms with van der Waals surface area (Å²) in [4.78, 5) is 2.15. The van der Waals surface area contributed by atoms with Gasteiger partial charge < -0.3 is 10.1 Å². The molecule has 4 atom stereocenters. The van der Waals surface area contributed by atoms with Crippen LogP contribution in [-0.2, 0) is 4.74 Å². The molecule has 0 saturated carbocycles. The Hall–Kier alpha value is -0.890. The highest BCUT2D eigenvalue weighted by Gasteiger charge is 2.45. The standard InChI is InChI=1S/C15H22ClN5O/c1-20(2)15-17-11-6-5-9(16)8-10(11)14-18-13(19-21(14)15)12-4-3-7-22-12/h5-6,8,12-15,17-19H,3-4,7H2,1-2H3. The minimum Gasteiger partial charge on any atom is -0.375 e. The molecule has 3 heterocycles. The molecule has 3 aliphatic rings. The van der Waals surface area contributed by atoms with Gasteiger partial charge in [0.25, 0.3) is 0 Å². The summed E-state index contributed by atoms with van der Waals surface area (Å²) in [6, 6.07) is 6.00. The van der Waals surface area contributed by atoms with Crippen LogP contribution in [0.25, 0.3) is 0 Å². The average molecular weight is 324 g/mol. The van der Waals surface area contributed by atoms with Gasteiger partial charge in [0.15, 0.2) is 6.29 Å². The van der Waals surface area contributed by atoms with Crippen molar-refractivity contribution in [3.05, 3.63) is 28.8 Å². The number of hydrogen-bond donors (Lipinski definition) is 3. The number of nitrogens with one attached hydrogen (secondary N) is 3. The SMILES string of the molecule is CN(C)C1Nc2ccc(Cl)cc2C2NC(C3CCCO3)NN21. The van der Waals surface area contributed by atoms with Crippen molar-refractivity contribution in [3.8, 4) is 0 Å². The van der Waals surface area contributed by atoms with Crippen LogP contribution in [0.3, 0.4) is 0 Å². The Morgan fingerprint density at radius 1 is 1.36 bits per heavy atom. The van der Waals surface area contributed by atoms with Crippen molar-refractivity contribution in [2.45, 2.75) is 37.6 Å². The van der Waals surface area contributed by atoms with Crippen molar-refractivity contribution in [3.63, 3.8) is 0 Å². The summed E-state index contributed by atoms with van der Waals surface area (Å²) in [5.41, 5.74) is 5.86. The van der Waals surface area contributed by atoms with Gasteiger partial charge in [-0.15, -0.1) is 0 Å². The van der Waals surface area contributed by atoms with Gasteiger partial charge in [-0.1, -0.05) is 11.6 Å². The average Bonchev–Trinajstić information content (AvgIpc) is 3.15. The lowest BCUT2D eigenvalue weighted by Gasteiger charge is -2.42. The van der Waals surface area contributed by atoms with Crippen molar-refractivity contribution < 1.29 is 4.74 Å². The zero-order valence-corrected chi connectivity index (χ0v) is 13.6. The van der Waals surface area contributed by atoms with E-state index in [-0.39, 0.29) is 24.7 Å². The number of fused-ring (bicyclic) bond motifs is 3. The van der Waals surface area contributed by atoms with E-state index >= 15 is 0 Å². The molecule has 1 aromatic carbocycles. The van der Waals surface area contributed by atoms with Gasteiger partial charge in [0, 0.05) is 22.9 Å². The lowest BCUT2D eigenvalue weighted by molar-refractivity contribution is 0.0183. The Morgan fingerprint density at radius 3 is 2.95 bits per heavy atom. The van der Waals surface area contributed by atoms with Crippen molar-refractivity contribution >= 4 is 17.3 Å². The first-order valence-electron chi connectivity index (χ1n) is 7.78. The number of hydrazine groups is 1. The molecule has 6 nitrogen and oxygen atoms in total. The molecule has 0 bridgehead atoms. The van der Waals surface area contributed by atoms with E-state index in [1.165, 1.54) is 5.56 Å². The Kier molecular flexibility index (Phi) is 3.76. The number of rotatable bonds is 2. The number of hydrogen-bond acceptors (Lipinski definition) is 6. The molecule has 120 valence electrons. The lowest BCUT2D eigenvalue weighted by atomic mass is 10.1. The second-order valence-corrected chi connectivity index (χ2v) is 6.78. The van der Waals surface area contributed by atoms with Crippen LogP contribution in [-0.4, -0.2) is 49.2 Å². The molecule has 22 heavy (non-hydrogen) atoms. The van der Waals surface area contributed by atoms with E-state index in [1.807, 2.05) is 18.2 Å². The maximum atomic E-state index is 6.20. The van der Waals surface area contributed by atoms with Crippen LogP contribution in [0.1, 0.15) is 24.6 Å². The largest absolute Gasteiger partial charge is 0.375 e. The van der Waals surface area contributed by atoms with Gasteiger partial charge in [-0.3, -0.25) is 10.2 Å². The van der Waals surface area contributed by atoms with Crippen LogP contribution in [0, 0.1) is 0 Å². The van der Waals surface area contributed by atoms with Crippen molar-refractivity contribution in [2.24, 2.45) is 0 Å². The molecule has 3 aliphatic heterocycles.